The van der Waals surface area contributed by atoms with Crippen LogP contribution in [0.5, 0.6) is 0 Å². The number of thiophene rings is 1. The standard InChI is InChI=1S/C11H14INO2S/c12-10-5-9(7-16-10)11(14)13-6-8-1-3-15-4-2-8/h5,7-8H,1-4,6H2,(H,13,14). The van der Waals surface area contributed by atoms with Crippen LogP contribution in [-0.2, 0) is 4.74 Å². The highest BCUT2D eigenvalue weighted by Crippen LogP contribution is 2.17. The van der Waals surface area contributed by atoms with E-state index in [2.05, 4.69) is 27.9 Å². The van der Waals surface area contributed by atoms with Crippen molar-refractivity contribution in [3.8, 4) is 0 Å². The molecule has 0 saturated carbocycles. The summed E-state index contributed by atoms with van der Waals surface area (Å²) >= 11 is 3.83. The van der Waals surface area contributed by atoms with Gasteiger partial charge in [0.25, 0.3) is 5.91 Å². The van der Waals surface area contributed by atoms with Crippen molar-refractivity contribution >= 4 is 39.8 Å². The second-order valence-corrected chi connectivity index (χ2v) is 6.71. The molecule has 1 aliphatic heterocycles. The first-order valence-corrected chi connectivity index (χ1v) is 7.31. The zero-order valence-electron chi connectivity index (χ0n) is 8.87. The number of hydrogen-bond acceptors (Lipinski definition) is 3. The van der Waals surface area contributed by atoms with Crippen LogP contribution in [0.15, 0.2) is 11.4 Å². The molecule has 2 rings (SSSR count). The van der Waals surface area contributed by atoms with E-state index in [1.807, 2.05) is 11.4 Å². The van der Waals surface area contributed by atoms with Crippen molar-refractivity contribution < 1.29 is 9.53 Å². The predicted molar refractivity (Wildman–Crippen MR) is 72.9 cm³/mol. The van der Waals surface area contributed by atoms with Gasteiger partial charge in [-0.25, -0.2) is 0 Å². The lowest BCUT2D eigenvalue weighted by Gasteiger charge is -2.21. The van der Waals surface area contributed by atoms with Gasteiger partial charge in [-0.2, -0.15) is 0 Å². The van der Waals surface area contributed by atoms with Crippen LogP contribution in [0.4, 0.5) is 0 Å². The van der Waals surface area contributed by atoms with Crippen molar-refractivity contribution in [2.24, 2.45) is 5.92 Å². The lowest BCUT2D eigenvalue weighted by Crippen LogP contribution is -2.31. The monoisotopic (exact) mass is 351 g/mol. The molecule has 3 nitrogen and oxygen atoms in total. The van der Waals surface area contributed by atoms with Gasteiger partial charge in [0.15, 0.2) is 0 Å². The molecule has 0 aliphatic carbocycles. The number of carbonyl (C=O) groups excluding carboxylic acids is 1. The molecule has 1 N–H and O–H groups in total. The van der Waals surface area contributed by atoms with Crippen LogP contribution in [0.3, 0.4) is 0 Å². The molecule has 0 unspecified atom stereocenters. The number of ether oxygens (including phenoxy) is 1. The molecule has 1 saturated heterocycles. The van der Waals surface area contributed by atoms with Gasteiger partial charge in [0.2, 0.25) is 0 Å². The van der Waals surface area contributed by atoms with E-state index in [9.17, 15) is 4.79 Å². The van der Waals surface area contributed by atoms with Gasteiger partial charge in [0, 0.05) is 25.1 Å². The SMILES string of the molecule is O=C(NCC1CCOCC1)c1csc(I)c1. The zero-order chi connectivity index (χ0) is 11.4. The number of halogens is 1. The van der Waals surface area contributed by atoms with Crippen molar-refractivity contribution in [2.45, 2.75) is 12.8 Å². The predicted octanol–water partition coefficient (Wildman–Crippen LogP) is 2.51. The molecule has 88 valence electrons. The summed E-state index contributed by atoms with van der Waals surface area (Å²) in [7, 11) is 0. The highest BCUT2D eigenvalue weighted by atomic mass is 127. The van der Waals surface area contributed by atoms with Crippen LogP contribution in [0.1, 0.15) is 23.2 Å². The van der Waals surface area contributed by atoms with Crippen LogP contribution in [0, 0.1) is 8.80 Å². The van der Waals surface area contributed by atoms with Crippen LogP contribution in [0.25, 0.3) is 0 Å². The zero-order valence-corrected chi connectivity index (χ0v) is 11.8. The topological polar surface area (TPSA) is 38.3 Å². The molecule has 0 aromatic carbocycles. The fourth-order valence-corrected chi connectivity index (χ4v) is 3.05. The van der Waals surface area contributed by atoms with Crippen LogP contribution in [-0.4, -0.2) is 25.7 Å². The molecule has 1 aromatic heterocycles. The number of amides is 1. The summed E-state index contributed by atoms with van der Waals surface area (Å²) in [5.74, 6) is 0.626. The summed E-state index contributed by atoms with van der Waals surface area (Å²) in [6.45, 7) is 2.43. The fourth-order valence-electron chi connectivity index (χ4n) is 1.72. The van der Waals surface area contributed by atoms with E-state index in [0.717, 1.165) is 41.0 Å². The Bertz CT molecular complexity index is 361. The Balaban J connectivity index is 1.79. The maximum absolute atomic E-state index is 11.8. The fraction of sp³-hybridized carbons (Fsp3) is 0.545. The Kier molecular flexibility index (Phi) is 4.60. The Morgan fingerprint density at radius 3 is 2.94 bits per heavy atom. The van der Waals surface area contributed by atoms with E-state index in [4.69, 9.17) is 4.74 Å². The second kappa shape index (κ2) is 5.97. The van der Waals surface area contributed by atoms with Crippen molar-refractivity contribution in [3.63, 3.8) is 0 Å². The van der Waals surface area contributed by atoms with Gasteiger partial charge in [-0.15, -0.1) is 11.3 Å². The van der Waals surface area contributed by atoms with Gasteiger partial charge < -0.3 is 10.1 Å². The Labute approximate surface area is 113 Å². The summed E-state index contributed by atoms with van der Waals surface area (Å²) in [6.07, 6.45) is 2.11. The average molecular weight is 351 g/mol. The molecule has 1 aromatic rings. The largest absolute Gasteiger partial charge is 0.381 e. The van der Waals surface area contributed by atoms with E-state index in [-0.39, 0.29) is 5.91 Å². The first-order chi connectivity index (χ1) is 7.75. The summed E-state index contributed by atoms with van der Waals surface area (Å²) < 4.78 is 6.43. The van der Waals surface area contributed by atoms with Gasteiger partial charge in [-0.1, -0.05) is 0 Å². The lowest BCUT2D eigenvalue weighted by molar-refractivity contribution is 0.0643. The van der Waals surface area contributed by atoms with Gasteiger partial charge in [-0.3, -0.25) is 4.79 Å². The number of carbonyl (C=O) groups is 1. The van der Waals surface area contributed by atoms with Crippen molar-refractivity contribution in [3.05, 3.63) is 19.9 Å². The first-order valence-electron chi connectivity index (χ1n) is 5.35. The minimum Gasteiger partial charge on any atom is -0.381 e. The van der Waals surface area contributed by atoms with E-state index >= 15 is 0 Å². The van der Waals surface area contributed by atoms with E-state index < -0.39 is 0 Å². The van der Waals surface area contributed by atoms with Crippen molar-refractivity contribution in [1.82, 2.24) is 5.32 Å². The molecule has 5 heteroatoms. The minimum absolute atomic E-state index is 0.0469. The Hall–Kier alpha value is -0.140. The van der Waals surface area contributed by atoms with Gasteiger partial charge >= 0.3 is 0 Å². The third-order valence-corrected chi connectivity index (χ3v) is 4.51. The van der Waals surface area contributed by atoms with Crippen LogP contribution < -0.4 is 5.32 Å². The van der Waals surface area contributed by atoms with E-state index in [1.165, 1.54) is 0 Å². The summed E-state index contributed by atoms with van der Waals surface area (Å²) in [6, 6.07) is 1.92. The van der Waals surface area contributed by atoms with E-state index in [1.54, 1.807) is 11.3 Å². The molecule has 1 aliphatic rings. The van der Waals surface area contributed by atoms with Crippen molar-refractivity contribution in [2.75, 3.05) is 19.8 Å². The van der Waals surface area contributed by atoms with Crippen LogP contribution >= 0.6 is 33.9 Å². The molecule has 0 atom stereocenters. The molecule has 2 heterocycles. The lowest BCUT2D eigenvalue weighted by atomic mass is 10.0. The maximum atomic E-state index is 11.8. The molecule has 0 radical (unpaired) electrons. The highest BCUT2D eigenvalue weighted by molar-refractivity contribution is 14.1. The molecular formula is C11H14INO2S. The molecule has 0 spiro atoms. The Morgan fingerprint density at radius 1 is 1.56 bits per heavy atom. The third kappa shape index (κ3) is 3.43. The number of nitrogens with one attached hydrogen (secondary N) is 1. The van der Waals surface area contributed by atoms with E-state index in [0.29, 0.717) is 5.92 Å². The summed E-state index contributed by atoms with van der Waals surface area (Å²) in [4.78, 5) is 11.8. The highest BCUT2D eigenvalue weighted by Gasteiger charge is 2.15. The van der Waals surface area contributed by atoms with Gasteiger partial charge in [0.1, 0.15) is 0 Å². The normalized spacial score (nSPS) is 17.3. The molecule has 16 heavy (non-hydrogen) atoms. The number of hydrogen-bond donors (Lipinski definition) is 1. The first kappa shape index (κ1) is 12.3. The molecule has 1 amide bonds. The van der Waals surface area contributed by atoms with Gasteiger partial charge in [-0.05, 0) is 47.4 Å². The minimum atomic E-state index is 0.0469. The van der Waals surface area contributed by atoms with Crippen molar-refractivity contribution in [1.29, 1.82) is 0 Å². The summed E-state index contributed by atoms with van der Waals surface area (Å²) in [5.41, 5.74) is 0.779. The second-order valence-electron chi connectivity index (χ2n) is 3.91. The molecular weight excluding hydrogens is 337 g/mol. The molecule has 0 bridgehead atoms. The average Bonchev–Trinajstić information content (AvgIpc) is 2.74. The molecule has 1 fully saturated rings. The maximum Gasteiger partial charge on any atom is 0.252 e. The summed E-state index contributed by atoms with van der Waals surface area (Å²) in [5, 5.41) is 4.89. The van der Waals surface area contributed by atoms with Crippen LogP contribution in [0.2, 0.25) is 0 Å². The number of rotatable bonds is 3. The van der Waals surface area contributed by atoms with Gasteiger partial charge in [0.05, 0.1) is 8.45 Å². The Morgan fingerprint density at radius 2 is 2.31 bits per heavy atom. The quantitative estimate of drug-likeness (QED) is 0.850. The smallest absolute Gasteiger partial charge is 0.252 e. The third-order valence-electron chi connectivity index (χ3n) is 2.72.